The standard InChI is InChI=1S/C25H22O/c1-2-3-19-25(26,24-12-8-5-9-13-24)20-18-21-14-16-23(17-15-21)22-10-6-4-7-11-22/h2,4-17,26H,1,3,19H2. The van der Waals surface area contributed by atoms with Crippen molar-refractivity contribution in [3.05, 3.63) is 109 Å². The van der Waals surface area contributed by atoms with Crippen LogP contribution in [0.15, 0.2) is 97.6 Å². The van der Waals surface area contributed by atoms with E-state index in [0.717, 1.165) is 16.7 Å². The van der Waals surface area contributed by atoms with Gasteiger partial charge in [-0.25, -0.2) is 0 Å². The van der Waals surface area contributed by atoms with Crippen LogP contribution in [0.4, 0.5) is 0 Å². The summed E-state index contributed by atoms with van der Waals surface area (Å²) in [4.78, 5) is 0. The molecule has 0 heterocycles. The van der Waals surface area contributed by atoms with E-state index in [1.807, 2.05) is 66.7 Å². The van der Waals surface area contributed by atoms with E-state index in [0.29, 0.717) is 12.8 Å². The zero-order valence-corrected chi connectivity index (χ0v) is 14.7. The topological polar surface area (TPSA) is 20.2 Å². The van der Waals surface area contributed by atoms with Crippen LogP contribution in [0.25, 0.3) is 11.1 Å². The first-order valence-electron chi connectivity index (χ1n) is 8.79. The number of benzene rings is 3. The Kier molecular flexibility index (Phi) is 5.69. The molecule has 0 aromatic heterocycles. The average molecular weight is 338 g/mol. The molecule has 3 aromatic carbocycles. The highest BCUT2D eigenvalue weighted by atomic mass is 16.3. The van der Waals surface area contributed by atoms with Crippen molar-refractivity contribution in [3.8, 4) is 23.0 Å². The molecule has 3 rings (SSSR count). The normalized spacial score (nSPS) is 12.5. The van der Waals surface area contributed by atoms with Gasteiger partial charge >= 0.3 is 0 Å². The van der Waals surface area contributed by atoms with Gasteiger partial charge in [0.15, 0.2) is 5.60 Å². The minimum atomic E-state index is -1.17. The molecule has 0 fully saturated rings. The summed E-state index contributed by atoms with van der Waals surface area (Å²) in [5, 5.41) is 11.1. The third-order valence-corrected chi connectivity index (χ3v) is 4.37. The van der Waals surface area contributed by atoms with Gasteiger partial charge in [0.05, 0.1) is 0 Å². The Morgan fingerprint density at radius 1 is 0.808 bits per heavy atom. The number of aliphatic hydroxyl groups is 1. The molecule has 3 aromatic rings. The van der Waals surface area contributed by atoms with Gasteiger partial charge in [0.25, 0.3) is 0 Å². The van der Waals surface area contributed by atoms with Gasteiger partial charge in [-0.1, -0.05) is 90.7 Å². The number of rotatable bonds is 5. The Morgan fingerprint density at radius 2 is 1.38 bits per heavy atom. The average Bonchev–Trinajstić information content (AvgIpc) is 2.72. The SMILES string of the molecule is C=CCCC(O)(C#Cc1ccc(-c2ccccc2)cc1)c1ccccc1. The van der Waals surface area contributed by atoms with E-state index in [1.54, 1.807) is 0 Å². The molecule has 0 aliphatic rings. The maximum atomic E-state index is 11.1. The van der Waals surface area contributed by atoms with Crippen molar-refractivity contribution in [2.24, 2.45) is 0 Å². The molecule has 1 atom stereocenters. The molecule has 128 valence electrons. The second-order valence-corrected chi connectivity index (χ2v) is 6.25. The van der Waals surface area contributed by atoms with Crippen LogP contribution in [0, 0.1) is 11.8 Å². The van der Waals surface area contributed by atoms with Gasteiger partial charge in [0.1, 0.15) is 0 Å². The van der Waals surface area contributed by atoms with Gasteiger partial charge in [-0.2, -0.15) is 0 Å². The number of hydrogen-bond acceptors (Lipinski definition) is 1. The lowest BCUT2D eigenvalue weighted by Crippen LogP contribution is -2.23. The predicted molar refractivity (Wildman–Crippen MR) is 109 cm³/mol. The van der Waals surface area contributed by atoms with Gasteiger partial charge in [-0.3, -0.25) is 0 Å². The first-order chi connectivity index (χ1) is 12.7. The summed E-state index contributed by atoms with van der Waals surface area (Å²) in [5.74, 6) is 6.22. The molecule has 1 unspecified atom stereocenters. The lowest BCUT2D eigenvalue weighted by atomic mass is 9.89. The van der Waals surface area contributed by atoms with E-state index in [4.69, 9.17) is 0 Å². The van der Waals surface area contributed by atoms with Crippen LogP contribution in [0.5, 0.6) is 0 Å². The quantitative estimate of drug-likeness (QED) is 0.477. The minimum absolute atomic E-state index is 0.523. The van der Waals surface area contributed by atoms with Crippen molar-refractivity contribution >= 4 is 0 Å². The van der Waals surface area contributed by atoms with E-state index in [-0.39, 0.29) is 0 Å². The Hall–Kier alpha value is -3.08. The van der Waals surface area contributed by atoms with Crippen LogP contribution in [0.2, 0.25) is 0 Å². The highest BCUT2D eigenvalue weighted by Crippen LogP contribution is 2.26. The third kappa shape index (κ3) is 4.30. The molecule has 0 bridgehead atoms. The maximum absolute atomic E-state index is 11.1. The van der Waals surface area contributed by atoms with Crippen molar-refractivity contribution in [3.63, 3.8) is 0 Å². The van der Waals surface area contributed by atoms with Crippen molar-refractivity contribution in [1.29, 1.82) is 0 Å². The van der Waals surface area contributed by atoms with Gasteiger partial charge in [0.2, 0.25) is 0 Å². The third-order valence-electron chi connectivity index (χ3n) is 4.37. The van der Waals surface area contributed by atoms with E-state index < -0.39 is 5.60 Å². The van der Waals surface area contributed by atoms with E-state index >= 15 is 0 Å². The van der Waals surface area contributed by atoms with Crippen LogP contribution in [0.1, 0.15) is 24.0 Å². The molecule has 0 radical (unpaired) electrons. The second-order valence-electron chi connectivity index (χ2n) is 6.25. The Bertz CT molecular complexity index is 899. The summed E-state index contributed by atoms with van der Waals surface area (Å²) in [6, 6.07) is 28.0. The lowest BCUT2D eigenvalue weighted by molar-refractivity contribution is 0.0914. The summed E-state index contributed by atoms with van der Waals surface area (Å²) in [5.41, 5.74) is 2.86. The summed E-state index contributed by atoms with van der Waals surface area (Å²) in [6.07, 6.45) is 3.03. The van der Waals surface area contributed by atoms with Crippen LogP contribution in [-0.4, -0.2) is 5.11 Å². The molecule has 1 heteroatoms. The molecule has 0 saturated carbocycles. The van der Waals surface area contributed by atoms with Crippen molar-refractivity contribution in [2.45, 2.75) is 18.4 Å². The molecule has 0 spiro atoms. The first-order valence-corrected chi connectivity index (χ1v) is 8.79. The zero-order chi connectivity index (χ0) is 18.2. The predicted octanol–water partition coefficient (Wildman–Crippen LogP) is 5.56. The largest absolute Gasteiger partial charge is 0.373 e. The summed E-state index contributed by atoms with van der Waals surface area (Å²) < 4.78 is 0. The summed E-state index contributed by atoms with van der Waals surface area (Å²) in [7, 11) is 0. The van der Waals surface area contributed by atoms with Crippen LogP contribution in [-0.2, 0) is 5.60 Å². The van der Waals surface area contributed by atoms with Crippen LogP contribution < -0.4 is 0 Å². The molecule has 0 aliphatic heterocycles. The fourth-order valence-corrected chi connectivity index (χ4v) is 2.86. The van der Waals surface area contributed by atoms with Crippen LogP contribution >= 0.6 is 0 Å². The Labute approximate surface area is 155 Å². The molecule has 1 N–H and O–H groups in total. The molecule has 1 nitrogen and oxygen atoms in total. The van der Waals surface area contributed by atoms with E-state index in [2.05, 4.69) is 42.7 Å². The number of hydrogen-bond donors (Lipinski definition) is 1. The smallest absolute Gasteiger partial charge is 0.151 e. The van der Waals surface area contributed by atoms with Crippen molar-refractivity contribution in [2.75, 3.05) is 0 Å². The molecule has 0 saturated heterocycles. The van der Waals surface area contributed by atoms with Crippen molar-refractivity contribution in [1.82, 2.24) is 0 Å². The van der Waals surface area contributed by atoms with Gasteiger partial charge < -0.3 is 5.11 Å². The number of allylic oxidation sites excluding steroid dienone is 1. The monoisotopic (exact) mass is 338 g/mol. The highest BCUT2D eigenvalue weighted by molar-refractivity contribution is 5.64. The van der Waals surface area contributed by atoms with Crippen molar-refractivity contribution < 1.29 is 5.11 Å². The van der Waals surface area contributed by atoms with Gasteiger partial charge in [-0.15, -0.1) is 6.58 Å². The molecule has 26 heavy (non-hydrogen) atoms. The molecular weight excluding hydrogens is 316 g/mol. The van der Waals surface area contributed by atoms with Crippen LogP contribution in [0.3, 0.4) is 0 Å². The minimum Gasteiger partial charge on any atom is -0.373 e. The Balaban J connectivity index is 1.86. The van der Waals surface area contributed by atoms with Gasteiger partial charge in [0, 0.05) is 5.56 Å². The molecule has 0 amide bonds. The second kappa shape index (κ2) is 8.34. The summed E-state index contributed by atoms with van der Waals surface area (Å²) >= 11 is 0. The fourth-order valence-electron chi connectivity index (χ4n) is 2.86. The fraction of sp³-hybridized carbons (Fsp3) is 0.120. The lowest BCUT2D eigenvalue weighted by Gasteiger charge is -2.22. The molecular formula is C25H22O. The Morgan fingerprint density at radius 3 is 2.00 bits per heavy atom. The highest BCUT2D eigenvalue weighted by Gasteiger charge is 2.25. The van der Waals surface area contributed by atoms with Gasteiger partial charge in [-0.05, 0) is 41.7 Å². The first kappa shape index (κ1) is 17.7. The maximum Gasteiger partial charge on any atom is 0.151 e. The van der Waals surface area contributed by atoms with E-state index in [1.165, 1.54) is 5.56 Å². The zero-order valence-electron chi connectivity index (χ0n) is 14.7. The molecule has 0 aliphatic carbocycles. The summed E-state index contributed by atoms with van der Waals surface area (Å²) in [6.45, 7) is 3.75. The van der Waals surface area contributed by atoms with E-state index in [9.17, 15) is 5.11 Å².